The smallest absolute Gasteiger partial charge is 0.208 e. The third kappa shape index (κ3) is 2.73. The van der Waals surface area contributed by atoms with Crippen molar-refractivity contribution >= 4 is 0 Å². The molecule has 0 atom stereocenters. The average Bonchev–Trinajstić information content (AvgIpc) is 2.78. The van der Waals surface area contributed by atoms with Crippen LogP contribution in [0.1, 0.15) is 19.7 Å². The second-order valence-corrected chi connectivity index (χ2v) is 4.26. The van der Waals surface area contributed by atoms with Crippen LogP contribution in [-0.4, -0.2) is 11.0 Å². The fraction of sp³-hybridized carbons (Fsp3) is 0.308. The van der Waals surface area contributed by atoms with Gasteiger partial charge >= 0.3 is 0 Å². The number of oxazole rings is 1. The van der Waals surface area contributed by atoms with Gasteiger partial charge in [0, 0.05) is 6.04 Å². The summed E-state index contributed by atoms with van der Waals surface area (Å²) in [5, 5.41) is 3.13. The fourth-order valence-corrected chi connectivity index (χ4v) is 1.50. The minimum Gasteiger partial charge on any atom is -0.439 e. The third-order valence-corrected chi connectivity index (χ3v) is 2.43. The molecule has 0 radical (unpaired) electrons. The number of hydrogen-bond acceptors (Lipinski definition) is 3. The Hall–Kier alpha value is -1.75. The van der Waals surface area contributed by atoms with Crippen molar-refractivity contribution in [1.29, 1.82) is 0 Å². The highest BCUT2D eigenvalue weighted by Gasteiger charge is 2.14. The molecule has 18 heavy (non-hydrogen) atoms. The van der Waals surface area contributed by atoms with Crippen molar-refractivity contribution in [3.05, 3.63) is 41.9 Å². The van der Waals surface area contributed by atoms with Gasteiger partial charge in [-0.2, -0.15) is 0 Å². The molecule has 96 valence electrons. The van der Waals surface area contributed by atoms with E-state index in [2.05, 4.69) is 10.3 Å². The van der Waals surface area contributed by atoms with Crippen LogP contribution in [0.4, 0.5) is 8.78 Å². The molecule has 0 aliphatic carbocycles. The first-order valence-electron chi connectivity index (χ1n) is 5.70. The zero-order chi connectivity index (χ0) is 13.1. The van der Waals surface area contributed by atoms with Gasteiger partial charge in [-0.05, 0) is 12.1 Å². The van der Waals surface area contributed by atoms with E-state index in [4.69, 9.17) is 4.42 Å². The van der Waals surface area contributed by atoms with Crippen LogP contribution >= 0.6 is 0 Å². The molecule has 0 fully saturated rings. The van der Waals surface area contributed by atoms with Gasteiger partial charge < -0.3 is 9.73 Å². The van der Waals surface area contributed by atoms with Crippen LogP contribution < -0.4 is 5.32 Å². The van der Waals surface area contributed by atoms with E-state index in [1.54, 1.807) is 0 Å². The van der Waals surface area contributed by atoms with E-state index in [1.807, 2.05) is 13.8 Å². The summed E-state index contributed by atoms with van der Waals surface area (Å²) in [6, 6.07) is 4.25. The zero-order valence-corrected chi connectivity index (χ0v) is 10.2. The van der Waals surface area contributed by atoms with Crippen molar-refractivity contribution in [2.24, 2.45) is 0 Å². The van der Waals surface area contributed by atoms with E-state index in [0.717, 1.165) is 6.07 Å². The SMILES string of the molecule is CC(C)NCc1ncc(-c2cccc(F)c2F)o1. The second-order valence-electron chi connectivity index (χ2n) is 4.26. The normalized spacial score (nSPS) is 11.2. The zero-order valence-electron chi connectivity index (χ0n) is 10.2. The van der Waals surface area contributed by atoms with E-state index < -0.39 is 11.6 Å². The number of nitrogens with one attached hydrogen (secondary N) is 1. The van der Waals surface area contributed by atoms with Gasteiger partial charge in [-0.3, -0.25) is 0 Å². The van der Waals surface area contributed by atoms with Gasteiger partial charge in [-0.25, -0.2) is 13.8 Å². The molecule has 5 heteroatoms. The van der Waals surface area contributed by atoms with Crippen LogP contribution in [-0.2, 0) is 6.54 Å². The van der Waals surface area contributed by atoms with Crippen molar-refractivity contribution in [2.75, 3.05) is 0 Å². The Labute approximate surface area is 104 Å². The molecule has 3 nitrogen and oxygen atoms in total. The molecule has 0 saturated carbocycles. The molecule has 1 aromatic carbocycles. The van der Waals surface area contributed by atoms with E-state index in [0.29, 0.717) is 18.5 Å². The number of nitrogens with zero attached hydrogens (tertiary/aromatic N) is 1. The number of rotatable bonds is 4. The highest BCUT2D eigenvalue weighted by Crippen LogP contribution is 2.24. The van der Waals surface area contributed by atoms with Gasteiger partial charge in [0.15, 0.2) is 17.4 Å². The largest absolute Gasteiger partial charge is 0.439 e. The lowest BCUT2D eigenvalue weighted by molar-refractivity contribution is 0.454. The topological polar surface area (TPSA) is 38.1 Å². The Morgan fingerprint density at radius 3 is 2.83 bits per heavy atom. The highest BCUT2D eigenvalue weighted by molar-refractivity contribution is 5.57. The Kier molecular flexibility index (Phi) is 3.72. The molecule has 0 aliphatic heterocycles. The Morgan fingerprint density at radius 2 is 2.11 bits per heavy atom. The van der Waals surface area contributed by atoms with Gasteiger partial charge in [-0.1, -0.05) is 19.9 Å². The van der Waals surface area contributed by atoms with Crippen molar-refractivity contribution in [3.63, 3.8) is 0 Å². The van der Waals surface area contributed by atoms with Gasteiger partial charge in [0.05, 0.1) is 18.3 Å². The van der Waals surface area contributed by atoms with Gasteiger partial charge in [0.25, 0.3) is 0 Å². The van der Waals surface area contributed by atoms with E-state index in [9.17, 15) is 8.78 Å². The Balaban J connectivity index is 2.21. The van der Waals surface area contributed by atoms with Gasteiger partial charge in [0.1, 0.15) is 0 Å². The number of aromatic nitrogens is 1. The predicted molar refractivity (Wildman–Crippen MR) is 63.8 cm³/mol. The minimum absolute atomic E-state index is 0.0818. The molecular weight excluding hydrogens is 238 g/mol. The van der Waals surface area contributed by atoms with Crippen LogP contribution in [0, 0.1) is 11.6 Å². The summed E-state index contributed by atoms with van der Waals surface area (Å²) in [5.74, 6) is -1.14. The van der Waals surface area contributed by atoms with Crippen LogP contribution in [0.5, 0.6) is 0 Å². The van der Waals surface area contributed by atoms with Crippen molar-refractivity contribution < 1.29 is 13.2 Å². The number of benzene rings is 1. The molecule has 0 unspecified atom stereocenters. The summed E-state index contributed by atoms with van der Waals surface area (Å²) in [6.07, 6.45) is 1.40. The predicted octanol–water partition coefficient (Wildman–Crippen LogP) is 3.12. The molecule has 1 heterocycles. The van der Waals surface area contributed by atoms with Crippen LogP contribution in [0.3, 0.4) is 0 Å². The fourth-order valence-electron chi connectivity index (χ4n) is 1.50. The first kappa shape index (κ1) is 12.7. The number of halogens is 2. The van der Waals surface area contributed by atoms with Gasteiger partial charge in [-0.15, -0.1) is 0 Å². The maximum Gasteiger partial charge on any atom is 0.208 e. The maximum atomic E-state index is 13.5. The molecule has 0 bridgehead atoms. The molecule has 0 saturated heterocycles. The lowest BCUT2D eigenvalue weighted by atomic mass is 10.2. The lowest BCUT2D eigenvalue weighted by Crippen LogP contribution is -2.21. The lowest BCUT2D eigenvalue weighted by Gasteiger charge is -2.04. The molecular formula is C13H14F2N2O. The van der Waals surface area contributed by atoms with E-state index >= 15 is 0 Å². The first-order valence-corrected chi connectivity index (χ1v) is 5.70. The van der Waals surface area contributed by atoms with Crippen molar-refractivity contribution in [3.8, 4) is 11.3 Å². The summed E-state index contributed by atoms with van der Waals surface area (Å²) in [7, 11) is 0. The van der Waals surface area contributed by atoms with Crippen molar-refractivity contribution in [2.45, 2.75) is 26.4 Å². The Morgan fingerprint density at radius 1 is 1.33 bits per heavy atom. The third-order valence-electron chi connectivity index (χ3n) is 2.43. The molecule has 0 spiro atoms. The highest BCUT2D eigenvalue weighted by atomic mass is 19.2. The molecule has 0 aliphatic rings. The first-order chi connectivity index (χ1) is 8.58. The van der Waals surface area contributed by atoms with E-state index in [-0.39, 0.29) is 11.3 Å². The van der Waals surface area contributed by atoms with Crippen molar-refractivity contribution in [1.82, 2.24) is 10.3 Å². The second kappa shape index (κ2) is 5.27. The quantitative estimate of drug-likeness (QED) is 0.908. The monoisotopic (exact) mass is 252 g/mol. The molecule has 1 N–H and O–H groups in total. The molecule has 2 rings (SSSR count). The summed E-state index contributed by atoms with van der Waals surface area (Å²) in [5.41, 5.74) is 0.0818. The van der Waals surface area contributed by atoms with Gasteiger partial charge in [0.2, 0.25) is 5.89 Å². The average molecular weight is 252 g/mol. The standard InChI is InChI=1S/C13H14F2N2O/c1-8(2)16-7-12-17-6-11(18-12)9-4-3-5-10(14)13(9)15/h3-6,8,16H,7H2,1-2H3. The minimum atomic E-state index is -0.919. The van der Waals surface area contributed by atoms with Crippen LogP contribution in [0.15, 0.2) is 28.8 Å². The summed E-state index contributed by atoms with van der Waals surface area (Å²) in [6.45, 7) is 4.45. The van der Waals surface area contributed by atoms with Crippen LogP contribution in [0.25, 0.3) is 11.3 Å². The summed E-state index contributed by atoms with van der Waals surface area (Å²) in [4.78, 5) is 4.02. The Bertz CT molecular complexity index is 538. The van der Waals surface area contributed by atoms with E-state index in [1.165, 1.54) is 18.3 Å². The number of hydrogen-bond donors (Lipinski definition) is 1. The molecule has 0 amide bonds. The summed E-state index contributed by atoms with van der Waals surface area (Å²) < 4.78 is 32.0. The summed E-state index contributed by atoms with van der Waals surface area (Å²) >= 11 is 0. The maximum absolute atomic E-state index is 13.5. The molecule has 1 aromatic heterocycles. The molecule has 2 aromatic rings. The van der Waals surface area contributed by atoms with Crippen LogP contribution in [0.2, 0.25) is 0 Å².